The van der Waals surface area contributed by atoms with E-state index in [0.29, 0.717) is 17.4 Å². The van der Waals surface area contributed by atoms with Gasteiger partial charge in [-0.2, -0.15) is 0 Å². The fourth-order valence-corrected chi connectivity index (χ4v) is 1.47. The molecule has 0 aliphatic carbocycles. The monoisotopic (exact) mass is 250 g/mol. The predicted octanol–water partition coefficient (Wildman–Crippen LogP) is 3.33. The first-order valence-corrected chi connectivity index (χ1v) is 5.42. The van der Waals surface area contributed by atoms with E-state index in [0.717, 1.165) is 5.56 Å². The highest BCUT2D eigenvalue weighted by Gasteiger charge is 2.01. The van der Waals surface area contributed by atoms with Gasteiger partial charge in [-0.05, 0) is 42.0 Å². The first-order chi connectivity index (χ1) is 8.15. The van der Waals surface area contributed by atoms with Crippen molar-refractivity contribution in [2.75, 3.05) is 0 Å². The van der Waals surface area contributed by atoms with E-state index in [1.54, 1.807) is 42.5 Å². The minimum atomic E-state index is 0.0403. The second-order valence-electron chi connectivity index (χ2n) is 3.57. The van der Waals surface area contributed by atoms with Crippen LogP contribution in [-0.2, 0) is 6.61 Å². The van der Waals surface area contributed by atoms with Crippen LogP contribution in [0.2, 0.25) is 5.02 Å². The van der Waals surface area contributed by atoms with E-state index in [4.69, 9.17) is 21.4 Å². The maximum Gasteiger partial charge on any atom is 0.134 e. The van der Waals surface area contributed by atoms with Crippen LogP contribution in [0.5, 0.6) is 17.2 Å². The molecule has 0 amide bonds. The van der Waals surface area contributed by atoms with E-state index in [-0.39, 0.29) is 11.5 Å². The van der Waals surface area contributed by atoms with Crippen LogP contribution in [0.3, 0.4) is 0 Å². The zero-order chi connectivity index (χ0) is 12.3. The van der Waals surface area contributed by atoms with Crippen molar-refractivity contribution >= 4 is 11.6 Å². The molecule has 88 valence electrons. The zero-order valence-corrected chi connectivity index (χ0v) is 9.69. The van der Waals surface area contributed by atoms with Gasteiger partial charge >= 0.3 is 0 Å². The molecule has 0 radical (unpaired) electrons. The maximum absolute atomic E-state index is 9.41. The summed E-state index contributed by atoms with van der Waals surface area (Å²) in [7, 11) is 0. The zero-order valence-electron chi connectivity index (χ0n) is 8.93. The lowest BCUT2D eigenvalue weighted by Crippen LogP contribution is -1.94. The van der Waals surface area contributed by atoms with Gasteiger partial charge in [-0.25, -0.2) is 0 Å². The van der Waals surface area contributed by atoms with Crippen LogP contribution >= 0.6 is 11.6 Å². The van der Waals surface area contributed by atoms with Crippen molar-refractivity contribution in [3.63, 3.8) is 0 Å². The molecule has 0 aromatic heterocycles. The van der Waals surface area contributed by atoms with Crippen molar-refractivity contribution in [2.45, 2.75) is 6.61 Å². The van der Waals surface area contributed by atoms with Gasteiger partial charge in [-0.15, -0.1) is 0 Å². The van der Waals surface area contributed by atoms with Crippen molar-refractivity contribution in [2.24, 2.45) is 0 Å². The number of benzene rings is 2. The van der Waals surface area contributed by atoms with Gasteiger partial charge in [0.05, 0.1) is 5.02 Å². The molecule has 0 saturated carbocycles. The van der Waals surface area contributed by atoms with Gasteiger partial charge in [0.2, 0.25) is 0 Å². The molecule has 0 atom stereocenters. The molecule has 2 aromatic carbocycles. The molecule has 0 heterocycles. The van der Waals surface area contributed by atoms with Crippen LogP contribution in [-0.4, -0.2) is 10.2 Å². The molecular weight excluding hydrogens is 240 g/mol. The Bertz CT molecular complexity index is 509. The minimum absolute atomic E-state index is 0.0403. The van der Waals surface area contributed by atoms with Crippen molar-refractivity contribution in [3.8, 4) is 17.2 Å². The summed E-state index contributed by atoms with van der Waals surface area (Å²) in [6, 6.07) is 11.4. The van der Waals surface area contributed by atoms with E-state index in [9.17, 15) is 5.11 Å². The Morgan fingerprint density at radius 1 is 1.00 bits per heavy atom. The number of halogens is 1. The number of aromatic hydroxyl groups is 2. The Labute approximate surface area is 104 Å². The molecule has 0 unspecified atom stereocenters. The molecule has 2 rings (SSSR count). The molecule has 4 heteroatoms. The smallest absolute Gasteiger partial charge is 0.134 e. The summed E-state index contributed by atoms with van der Waals surface area (Å²) in [5.41, 5.74) is 0.819. The fraction of sp³-hybridized carbons (Fsp3) is 0.0769. The van der Waals surface area contributed by atoms with Crippen molar-refractivity contribution < 1.29 is 14.9 Å². The average Bonchev–Trinajstić information content (AvgIpc) is 2.33. The predicted molar refractivity (Wildman–Crippen MR) is 65.6 cm³/mol. The van der Waals surface area contributed by atoms with Gasteiger partial charge in [0.15, 0.2) is 0 Å². The molecule has 0 fully saturated rings. The van der Waals surface area contributed by atoms with Gasteiger partial charge in [-0.3, -0.25) is 0 Å². The second kappa shape index (κ2) is 4.97. The maximum atomic E-state index is 9.41. The first-order valence-electron chi connectivity index (χ1n) is 5.04. The highest BCUT2D eigenvalue weighted by Crippen LogP contribution is 2.24. The molecule has 0 aliphatic heterocycles. The summed E-state index contributed by atoms with van der Waals surface area (Å²) in [5.74, 6) is 0.886. The lowest BCUT2D eigenvalue weighted by molar-refractivity contribution is 0.305. The average molecular weight is 251 g/mol. The third kappa shape index (κ3) is 3.04. The van der Waals surface area contributed by atoms with Gasteiger partial charge in [0.1, 0.15) is 23.9 Å². The number of hydrogen-bond acceptors (Lipinski definition) is 3. The van der Waals surface area contributed by atoms with Gasteiger partial charge in [-0.1, -0.05) is 17.7 Å². The lowest BCUT2D eigenvalue weighted by Gasteiger charge is -2.07. The van der Waals surface area contributed by atoms with Gasteiger partial charge in [0.25, 0.3) is 0 Å². The molecular formula is C13H11ClO3. The molecule has 2 aromatic rings. The van der Waals surface area contributed by atoms with Crippen LogP contribution < -0.4 is 4.74 Å². The van der Waals surface area contributed by atoms with E-state index in [2.05, 4.69) is 0 Å². The minimum Gasteiger partial charge on any atom is -0.508 e. The van der Waals surface area contributed by atoms with Gasteiger partial charge in [0, 0.05) is 0 Å². The number of phenols is 2. The Morgan fingerprint density at radius 3 is 2.35 bits per heavy atom. The highest BCUT2D eigenvalue weighted by atomic mass is 35.5. The van der Waals surface area contributed by atoms with Crippen LogP contribution in [0.1, 0.15) is 5.56 Å². The molecule has 3 nitrogen and oxygen atoms in total. The SMILES string of the molecule is Oc1ccc(OCc2ccc(Cl)c(O)c2)cc1. The summed E-state index contributed by atoms with van der Waals surface area (Å²) in [6.07, 6.45) is 0. The summed E-state index contributed by atoms with van der Waals surface area (Å²) >= 11 is 5.70. The normalized spacial score (nSPS) is 10.2. The van der Waals surface area contributed by atoms with Crippen LogP contribution in [0.25, 0.3) is 0 Å². The fourth-order valence-electron chi connectivity index (χ4n) is 1.36. The third-order valence-electron chi connectivity index (χ3n) is 2.25. The van der Waals surface area contributed by atoms with Crippen molar-refractivity contribution in [3.05, 3.63) is 53.1 Å². The Kier molecular flexibility index (Phi) is 3.40. The van der Waals surface area contributed by atoms with Gasteiger partial charge < -0.3 is 14.9 Å². The number of rotatable bonds is 3. The molecule has 0 spiro atoms. The highest BCUT2D eigenvalue weighted by molar-refractivity contribution is 6.31. The van der Waals surface area contributed by atoms with Crippen LogP contribution in [0, 0.1) is 0 Å². The Morgan fingerprint density at radius 2 is 1.71 bits per heavy atom. The first kappa shape index (κ1) is 11.6. The summed E-state index contributed by atoms with van der Waals surface area (Å²) in [6.45, 7) is 0.329. The van der Waals surface area contributed by atoms with E-state index < -0.39 is 0 Å². The van der Waals surface area contributed by atoms with E-state index in [1.165, 1.54) is 0 Å². The van der Waals surface area contributed by atoms with Crippen molar-refractivity contribution in [1.82, 2.24) is 0 Å². The molecule has 2 N–H and O–H groups in total. The lowest BCUT2D eigenvalue weighted by atomic mass is 10.2. The number of phenolic OH excluding ortho intramolecular Hbond substituents is 2. The second-order valence-corrected chi connectivity index (χ2v) is 3.98. The number of ether oxygens (including phenoxy) is 1. The summed E-state index contributed by atoms with van der Waals surface area (Å²) in [4.78, 5) is 0. The van der Waals surface area contributed by atoms with E-state index in [1.807, 2.05) is 0 Å². The molecule has 17 heavy (non-hydrogen) atoms. The van der Waals surface area contributed by atoms with Crippen molar-refractivity contribution in [1.29, 1.82) is 0 Å². The Hall–Kier alpha value is -1.87. The largest absolute Gasteiger partial charge is 0.508 e. The molecule has 0 aliphatic rings. The number of hydrogen-bond donors (Lipinski definition) is 2. The topological polar surface area (TPSA) is 49.7 Å². The summed E-state index contributed by atoms with van der Waals surface area (Å²) in [5, 5.41) is 18.8. The third-order valence-corrected chi connectivity index (χ3v) is 2.57. The Balaban J connectivity index is 2.02. The quantitative estimate of drug-likeness (QED) is 0.879. The standard InChI is InChI=1S/C13H11ClO3/c14-12-6-1-9(7-13(12)16)8-17-11-4-2-10(15)3-5-11/h1-7,15-16H,8H2. The molecule has 0 saturated heterocycles. The summed E-state index contributed by atoms with van der Waals surface area (Å²) < 4.78 is 5.48. The van der Waals surface area contributed by atoms with Crippen LogP contribution in [0.15, 0.2) is 42.5 Å². The van der Waals surface area contributed by atoms with E-state index >= 15 is 0 Å². The van der Waals surface area contributed by atoms with Crippen LogP contribution in [0.4, 0.5) is 0 Å². The molecule has 0 bridgehead atoms.